The van der Waals surface area contributed by atoms with E-state index in [-0.39, 0.29) is 16.7 Å². The first-order chi connectivity index (χ1) is 15.0. The van der Waals surface area contributed by atoms with Crippen molar-refractivity contribution in [2.75, 3.05) is 5.32 Å². The molecule has 1 atom stereocenters. The number of nitrogens with zero attached hydrogens (tertiary/aromatic N) is 4. The largest absolute Gasteiger partial charge is 0.464 e. The average Bonchev–Trinajstić information content (AvgIpc) is 3.10. The van der Waals surface area contributed by atoms with E-state index >= 15 is 0 Å². The number of amides is 1. The summed E-state index contributed by atoms with van der Waals surface area (Å²) in [7, 11) is 0. The number of ether oxygens (including phenoxy) is 1. The van der Waals surface area contributed by atoms with Crippen LogP contribution in [0.1, 0.15) is 23.1 Å². The molecular weight excluding hydrogens is 464 g/mol. The Morgan fingerprint density at radius 1 is 1.44 bits per heavy atom. The van der Waals surface area contributed by atoms with Crippen molar-refractivity contribution in [2.45, 2.75) is 25.8 Å². The number of pyridine rings is 2. The topological polar surface area (TPSA) is 135 Å². The second kappa shape index (κ2) is 8.92. The molecule has 10 nitrogen and oxygen atoms in total. The number of H-pyrrole nitrogens is 1. The first kappa shape index (κ1) is 23.1. The maximum atomic E-state index is 14.7. The van der Waals surface area contributed by atoms with Gasteiger partial charge in [-0.25, -0.2) is 14.2 Å². The van der Waals surface area contributed by atoms with Gasteiger partial charge in [-0.2, -0.15) is 22.8 Å². The fourth-order valence-electron chi connectivity index (χ4n) is 2.33. The number of carbonyl (C=O) groups excluding carboxylic acids is 1. The Balaban J connectivity index is 2.10. The lowest BCUT2D eigenvalue weighted by atomic mass is 10.2. The summed E-state index contributed by atoms with van der Waals surface area (Å²) in [5, 5.41) is 14.9. The van der Waals surface area contributed by atoms with Gasteiger partial charge in [0, 0.05) is 6.20 Å². The summed E-state index contributed by atoms with van der Waals surface area (Å²) >= 11 is 5.89. The molecule has 15 heteroatoms. The Labute approximate surface area is 180 Å². The first-order valence-electron chi connectivity index (χ1n) is 8.66. The molecule has 1 amide bonds. The van der Waals surface area contributed by atoms with Crippen molar-refractivity contribution < 1.29 is 32.2 Å². The number of nitrogens with one attached hydrogen (secondary N) is 2. The van der Waals surface area contributed by atoms with Gasteiger partial charge in [0.15, 0.2) is 29.4 Å². The Hall–Kier alpha value is -3.52. The normalized spacial score (nSPS) is 12.5. The molecular formula is C17H13ClF4N6O4. The Morgan fingerprint density at radius 2 is 2.16 bits per heavy atom. The van der Waals surface area contributed by atoms with E-state index in [0.29, 0.717) is 17.7 Å². The third-order valence-electron chi connectivity index (χ3n) is 3.92. The molecule has 0 unspecified atom stereocenters. The number of rotatable bonds is 6. The van der Waals surface area contributed by atoms with Crippen LogP contribution in [0.15, 0.2) is 29.2 Å². The predicted octanol–water partition coefficient (Wildman–Crippen LogP) is 2.22. The minimum atomic E-state index is -4.85. The highest BCUT2D eigenvalue weighted by molar-refractivity contribution is 6.33. The number of aliphatic hydroxyl groups is 1. The second-order valence-electron chi connectivity index (χ2n) is 6.18. The zero-order valence-corrected chi connectivity index (χ0v) is 16.7. The summed E-state index contributed by atoms with van der Waals surface area (Å²) in [5.41, 5.74) is -1.76. The lowest BCUT2D eigenvalue weighted by Crippen LogP contribution is -2.32. The van der Waals surface area contributed by atoms with Crippen molar-refractivity contribution >= 4 is 23.3 Å². The molecule has 0 aliphatic rings. The van der Waals surface area contributed by atoms with E-state index in [4.69, 9.17) is 21.4 Å². The van der Waals surface area contributed by atoms with Crippen molar-refractivity contribution in [1.29, 1.82) is 0 Å². The molecule has 0 bridgehead atoms. The van der Waals surface area contributed by atoms with Gasteiger partial charge in [0.2, 0.25) is 5.88 Å². The molecule has 3 N–H and O–H groups in total. The van der Waals surface area contributed by atoms with Crippen molar-refractivity contribution in [2.24, 2.45) is 0 Å². The van der Waals surface area contributed by atoms with Gasteiger partial charge in [0.05, 0.1) is 5.02 Å². The van der Waals surface area contributed by atoms with E-state index in [1.165, 1.54) is 18.3 Å². The fourth-order valence-corrected chi connectivity index (χ4v) is 2.50. The van der Waals surface area contributed by atoms with Crippen molar-refractivity contribution in [1.82, 2.24) is 24.7 Å². The van der Waals surface area contributed by atoms with Crippen LogP contribution in [0.25, 0.3) is 5.82 Å². The summed E-state index contributed by atoms with van der Waals surface area (Å²) in [6.45, 7) is -0.0593. The Bertz CT molecular complexity index is 1210. The summed E-state index contributed by atoms with van der Waals surface area (Å²) in [6.07, 6.45) is -6.00. The van der Waals surface area contributed by atoms with Crippen LogP contribution in [0.5, 0.6) is 5.88 Å². The quantitative estimate of drug-likeness (QED) is 0.464. The molecule has 3 aromatic heterocycles. The van der Waals surface area contributed by atoms with Gasteiger partial charge in [-0.3, -0.25) is 9.78 Å². The van der Waals surface area contributed by atoms with Crippen LogP contribution < -0.4 is 15.7 Å². The molecule has 0 aliphatic heterocycles. The SMILES string of the molecule is C[C@H](Oc1nc(-n2nc(CO)[nH]c2=O)c(F)cc1C(=O)Nc1ncccc1Cl)C(F)(F)F. The van der Waals surface area contributed by atoms with Gasteiger partial charge < -0.3 is 15.2 Å². The zero-order chi connectivity index (χ0) is 23.6. The van der Waals surface area contributed by atoms with Gasteiger partial charge in [-0.15, -0.1) is 5.10 Å². The lowest BCUT2D eigenvalue weighted by Gasteiger charge is -2.19. The Kier molecular flexibility index (Phi) is 6.45. The minimum Gasteiger partial charge on any atom is -0.464 e. The van der Waals surface area contributed by atoms with Crippen molar-refractivity contribution in [3.8, 4) is 11.7 Å². The standard InChI is InChI=1S/C17H13ClF4N6O4/c1-7(17(20,21)22)32-15-8(14(30)25-12-9(18)3-2-4-23-12)5-10(19)13(26-15)28-16(31)24-11(6-29)27-28/h2-5,7,29H,6H2,1H3,(H,23,25,30)(H,24,27,31)/t7-/m0/s1. The molecule has 3 aromatic rings. The van der Waals surface area contributed by atoms with Gasteiger partial charge in [-0.05, 0) is 25.1 Å². The molecule has 0 aromatic carbocycles. The van der Waals surface area contributed by atoms with Crippen LogP contribution in [-0.4, -0.2) is 48.0 Å². The molecule has 0 saturated carbocycles. The van der Waals surface area contributed by atoms with Crippen LogP contribution in [-0.2, 0) is 6.61 Å². The van der Waals surface area contributed by atoms with Crippen molar-refractivity contribution in [3.63, 3.8) is 0 Å². The number of hydrogen-bond acceptors (Lipinski definition) is 7. The van der Waals surface area contributed by atoms with Crippen LogP contribution in [0.3, 0.4) is 0 Å². The highest BCUT2D eigenvalue weighted by Gasteiger charge is 2.39. The van der Waals surface area contributed by atoms with Crippen LogP contribution in [0.4, 0.5) is 23.4 Å². The Morgan fingerprint density at radius 3 is 2.75 bits per heavy atom. The van der Waals surface area contributed by atoms with Crippen molar-refractivity contribution in [3.05, 3.63) is 57.1 Å². The number of alkyl halides is 3. The highest BCUT2D eigenvalue weighted by Crippen LogP contribution is 2.29. The van der Waals surface area contributed by atoms with E-state index in [1.807, 2.05) is 0 Å². The van der Waals surface area contributed by atoms with Gasteiger partial charge in [-0.1, -0.05) is 11.6 Å². The molecule has 32 heavy (non-hydrogen) atoms. The maximum Gasteiger partial charge on any atom is 0.425 e. The number of anilines is 1. The van der Waals surface area contributed by atoms with Gasteiger partial charge in [0.25, 0.3) is 5.91 Å². The molecule has 0 spiro atoms. The molecule has 0 radical (unpaired) electrons. The van der Waals surface area contributed by atoms with E-state index in [9.17, 15) is 27.2 Å². The molecule has 3 heterocycles. The third kappa shape index (κ3) is 4.86. The summed E-state index contributed by atoms with van der Waals surface area (Å²) in [5.74, 6) is -4.60. The lowest BCUT2D eigenvalue weighted by molar-refractivity contribution is -0.190. The zero-order valence-electron chi connectivity index (χ0n) is 15.9. The smallest absolute Gasteiger partial charge is 0.425 e. The maximum absolute atomic E-state index is 14.7. The first-order valence-corrected chi connectivity index (χ1v) is 9.04. The molecule has 0 aliphatic carbocycles. The van der Waals surface area contributed by atoms with Crippen LogP contribution in [0, 0.1) is 5.82 Å². The van der Waals surface area contributed by atoms with E-state index in [2.05, 4.69) is 25.4 Å². The number of carbonyl (C=O) groups is 1. The van der Waals surface area contributed by atoms with Gasteiger partial charge >= 0.3 is 11.9 Å². The van der Waals surface area contributed by atoms with E-state index in [0.717, 1.165) is 0 Å². The highest BCUT2D eigenvalue weighted by atomic mass is 35.5. The summed E-state index contributed by atoms with van der Waals surface area (Å²) < 4.78 is 58.9. The number of hydrogen-bond donors (Lipinski definition) is 3. The number of aromatic amines is 1. The monoisotopic (exact) mass is 476 g/mol. The number of halogens is 5. The fraction of sp³-hybridized carbons (Fsp3) is 0.235. The van der Waals surface area contributed by atoms with E-state index < -0.39 is 53.6 Å². The molecule has 0 fully saturated rings. The number of aliphatic hydroxyl groups excluding tert-OH is 1. The van der Waals surface area contributed by atoms with Crippen LogP contribution >= 0.6 is 11.6 Å². The average molecular weight is 477 g/mol. The molecule has 170 valence electrons. The molecule has 3 rings (SSSR count). The second-order valence-corrected chi connectivity index (χ2v) is 6.59. The third-order valence-corrected chi connectivity index (χ3v) is 4.23. The summed E-state index contributed by atoms with van der Waals surface area (Å²) in [4.78, 5) is 34.1. The minimum absolute atomic E-state index is 0.0108. The predicted molar refractivity (Wildman–Crippen MR) is 101 cm³/mol. The van der Waals surface area contributed by atoms with E-state index in [1.54, 1.807) is 0 Å². The molecule has 0 saturated heterocycles. The van der Waals surface area contributed by atoms with Gasteiger partial charge in [0.1, 0.15) is 12.2 Å². The van der Waals surface area contributed by atoms with Crippen LogP contribution in [0.2, 0.25) is 5.02 Å². The number of aromatic nitrogens is 5. The summed E-state index contributed by atoms with van der Waals surface area (Å²) in [6, 6.07) is 3.38.